The zero-order valence-corrected chi connectivity index (χ0v) is 20.0. The summed E-state index contributed by atoms with van der Waals surface area (Å²) < 4.78 is 11.1. The minimum absolute atomic E-state index is 0.116. The van der Waals surface area contributed by atoms with E-state index < -0.39 is 37.1 Å². The van der Waals surface area contributed by atoms with Crippen molar-refractivity contribution in [3.63, 3.8) is 0 Å². The van der Waals surface area contributed by atoms with E-state index in [1.54, 1.807) is 19.1 Å². The number of ether oxygens (including phenoxy) is 2. The lowest BCUT2D eigenvalue weighted by molar-refractivity contribution is -0.231. The van der Waals surface area contributed by atoms with Crippen LogP contribution < -0.4 is 4.74 Å². The van der Waals surface area contributed by atoms with E-state index in [-0.39, 0.29) is 6.10 Å². The number of benzene rings is 2. The number of hydrogen-bond donors (Lipinski definition) is 5. The average Bonchev–Trinajstić information content (AvgIpc) is 2.81. The molecule has 0 spiro atoms. The SMILES string of the molecule is CCOc1ccc(Cc2cc([C@@H]3O[C@H](CO)[C@@H](O)[C@H](O)[C@H]3O)ccc2Cl)cc1.CC[C@H](C)O. The number of rotatable bonds is 7. The van der Waals surface area contributed by atoms with E-state index in [0.29, 0.717) is 23.6 Å². The molecule has 33 heavy (non-hydrogen) atoms. The van der Waals surface area contributed by atoms with Gasteiger partial charge >= 0.3 is 0 Å². The largest absolute Gasteiger partial charge is 0.494 e. The van der Waals surface area contributed by atoms with Crippen molar-refractivity contribution in [2.75, 3.05) is 13.2 Å². The highest BCUT2D eigenvalue weighted by molar-refractivity contribution is 6.31. The van der Waals surface area contributed by atoms with Crippen LogP contribution >= 0.6 is 11.6 Å². The van der Waals surface area contributed by atoms with E-state index in [2.05, 4.69) is 0 Å². The molecule has 8 heteroatoms. The van der Waals surface area contributed by atoms with Gasteiger partial charge < -0.3 is 35.0 Å². The molecule has 0 amide bonds. The monoisotopic (exact) mass is 482 g/mol. The Bertz CT molecular complexity index is 841. The Morgan fingerprint density at radius 2 is 1.64 bits per heavy atom. The molecule has 0 unspecified atom stereocenters. The molecule has 0 bridgehead atoms. The van der Waals surface area contributed by atoms with E-state index in [4.69, 9.17) is 26.2 Å². The van der Waals surface area contributed by atoms with Gasteiger partial charge in [-0.05, 0) is 61.6 Å². The van der Waals surface area contributed by atoms with Gasteiger partial charge in [-0.15, -0.1) is 0 Å². The fraction of sp³-hybridized carbons (Fsp3) is 0.520. The van der Waals surface area contributed by atoms with Gasteiger partial charge in [0.2, 0.25) is 0 Å². The van der Waals surface area contributed by atoms with Crippen molar-refractivity contribution in [1.82, 2.24) is 0 Å². The van der Waals surface area contributed by atoms with Crippen LogP contribution in [0.1, 0.15) is 50.0 Å². The Balaban J connectivity index is 0.000000696. The average molecular weight is 483 g/mol. The van der Waals surface area contributed by atoms with Crippen molar-refractivity contribution in [2.24, 2.45) is 0 Å². The van der Waals surface area contributed by atoms with Crippen LogP contribution in [0, 0.1) is 0 Å². The van der Waals surface area contributed by atoms with Crippen molar-refractivity contribution < 1.29 is 35.0 Å². The second-order valence-electron chi connectivity index (χ2n) is 8.11. The van der Waals surface area contributed by atoms with Gasteiger partial charge in [0.25, 0.3) is 0 Å². The summed E-state index contributed by atoms with van der Waals surface area (Å²) in [6, 6.07) is 12.9. The van der Waals surface area contributed by atoms with Crippen LogP contribution in [0.5, 0.6) is 5.75 Å². The van der Waals surface area contributed by atoms with Gasteiger partial charge in [-0.25, -0.2) is 0 Å². The molecular formula is C25H35ClO7. The quantitative estimate of drug-likeness (QED) is 0.411. The van der Waals surface area contributed by atoms with Gasteiger partial charge in [0, 0.05) is 5.02 Å². The first-order valence-corrected chi connectivity index (χ1v) is 11.6. The summed E-state index contributed by atoms with van der Waals surface area (Å²) in [7, 11) is 0. The summed E-state index contributed by atoms with van der Waals surface area (Å²) in [6.45, 7) is 5.79. The third-order valence-electron chi connectivity index (χ3n) is 5.51. The Morgan fingerprint density at radius 3 is 2.18 bits per heavy atom. The molecule has 1 fully saturated rings. The van der Waals surface area contributed by atoms with E-state index in [9.17, 15) is 20.4 Å². The van der Waals surface area contributed by atoms with E-state index >= 15 is 0 Å². The maximum Gasteiger partial charge on any atom is 0.119 e. The summed E-state index contributed by atoms with van der Waals surface area (Å²) in [5.74, 6) is 0.799. The predicted octanol–water partition coefficient (Wildman–Crippen LogP) is 2.62. The van der Waals surface area contributed by atoms with Gasteiger partial charge in [-0.1, -0.05) is 42.8 Å². The number of aliphatic hydroxyl groups excluding tert-OH is 5. The predicted molar refractivity (Wildman–Crippen MR) is 127 cm³/mol. The molecule has 7 nitrogen and oxygen atoms in total. The van der Waals surface area contributed by atoms with Crippen molar-refractivity contribution in [2.45, 2.75) is 70.2 Å². The minimum atomic E-state index is -1.42. The molecule has 0 saturated carbocycles. The van der Waals surface area contributed by atoms with Crippen molar-refractivity contribution >= 4 is 11.6 Å². The summed E-state index contributed by atoms with van der Waals surface area (Å²) in [5.41, 5.74) is 2.49. The van der Waals surface area contributed by atoms with Gasteiger partial charge in [-0.2, -0.15) is 0 Å². The molecule has 1 aliphatic heterocycles. The first-order valence-electron chi connectivity index (χ1n) is 11.2. The molecule has 3 rings (SSSR count). The Kier molecular flexibility index (Phi) is 11.1. The summed E-state index contributed by atoms with van der Waals surface area (Å²) in [5, 5.41) is 48.6. The summed E-state index contributed by atoms with van der Waals surface area (Å²) in [6.07, 6.45) is -4.64. The van der Waals surface area contributed by atoms with Crippen molar-refractivity contribution in [3.8, 4) is 5.75 Å². The van der Waals surface area contributed by atoms with Gasteiger partial charge in [0.1, 0.15) is 36.3 Å². The van der Waals surface area contributed by atoms with E-state index in [0.717, 1.165) is 23.3 Å². The van der Waals surface area contributed by atoms with Crippen molar-refractivity contribution in [3.05, 3.63) is 64.2 Å². The maximum atomic E-state index is 10.3. The highest BCUT2D eigenvalue weighted by Crippen LogP contribution is 2.34. The Labute approximate surface area is 200 Å². The van der Waals surface area contributed by atoms with Crippen LogP contribution in [-0.4, -0.2) is 69.3 Å². The molecule has 5 N–H and O–H groups in total. The van der Waals surface area contributed by atoms with Gasteiger partial charge in [0.15, 0.2) is 0 Å². The molecule has 1 saturated heterocycles. The first kappa shape index (κ1) is 27.5. The van der Waals surface area contributed by atoms with E-state index in [1.165, 1.54) is 0 Å². The van der Waals surface area contributed by atoms with Crippen LogP contribution in [0.25, 0.3) is 0 Å². The van der Waals surface area contributed by atoms with Crippen LogP contribution in [0.4, 0.5) is 0 Å². The fourth-order valence-corrected chi connectivity index (χ4v) is 3.56. The van der Waals surface area contributed by atoms with Crippen LogP contribution in [0.15, 0.2) is 42.5 Å². The Morgan fingerprint density at radius 1 is 1.00 bits per heavy atom. The third-order valence-corrected chi connectivity index (χ3v) is 5.88. The molecular weight excluding hydrogens is 448 g/mol. The lowest BCUT2D eigenvalue weighted by Gasteiger charge is -2.40. The van der Waals surface area contributed by atoms with Gasteiger partial charge in [-0.3, -0.25) is 0 Å². The van der Waals surface area contributed by atoms with Crippen LogP contribution in [-0.2, 0) is 11.2 Å². The molecule has 2 aromatic rings. The summed E-state index contributed by atoms with van der Waals surface area (Å²) >= 11 is 6.35. The minimum Gasteiger partial charge on any atom is -0.494 e. The second kappa shape index (κ2) is 13.2. The smallest absolute Gasteiger partial charge is 0.119 e. The normalized spacial score (nSPS) is 25.7. The molecule has 2 aromatic carbocycles. The highest BCUT2D eigenvalue weighted by atomic mass is 35.5. The lowest BCUT2D eigenvalue weighted by atomic mass is 9.90. The molecule has 0 aromatic heterocycles. The number of aliphatic hydroxyl groups is 5. The zero-order chi connectivity index (χ0) is 24.5. The lowest BCUT2D eigenvalue weighted by Crippen LogP contribution is -2.55. The Hall–Kier alpha value is -1.71. The number of hydrogen-bond acceptors (Lipinski definition) is 7. The fourth-order valence-electron chi connectivity index (χ4n) is 3.37. The van der Waals surface area contributed by atoms with Crippen LogP contribution in [0.2, 0.25) is 5.02 Å². The standard InChI is InChI=1S/C21H25ClO6.C4H10O/c1-2-27-15-6-3-12(4-7-15)9-14-10-13(5-8-16(14)22)21-20(26)19(25)18(24)17(11-23)28-21;1-3-4(2)5/h3-8,10,17-21,23-26H,2,9,11H2,1H3;4-5H,3H2,1-2H3/t17-,18-,19+,20-,21+;4-/m10/s1. The summed E-state index contributed by atoms with van der Waals surface area (Å²) in [4.78, 5) is 0. The third kappa shape index (κ3) is 7.65. The molecule has 184 valence electrons. The van der Waals surface area contributed by atoms with Crippen LogP contribution in [0.3, 0.4) is 0 Å². The molecule has 0 aliphatic carbocycles. The first-order chi connectivity index (χ1) is 15.7. The molecule has 1 aliphatic rings. The van der Waals surface area contributed by atoms with Gasteiger partial charge in [0.05, 0.1) is 19.3 Å². The molecule has 1 heterocycles. The highest BCUT2D eigenvalue weighted by Gasteiger charge is 2.44. The van der Waals surface area contributed by atoms with Crippen molar-refractivity contribution in [1.29, 1.82) is 0 Å². The van der Waals surface area contributed by atoms with E-state index in [1.807, 2.05) is 44.2 Å². The molecule has 0 radical (unpaired) electrons. The maximum absolute atomic E-state index is 10.3. The molecule has 6 atom stereocenters. The zero-order valence-electron chi connectivity index (χ0n) is 19.3. The second-order valence-corrected chi connectivity index (χ2v) is 8.52. The number of halogens is 1. The topological polar surface area (TPSA) is 120 Å².